The second kappa shape index (κ2) is 4.88. The zero-order chi connectivity index (χ0) is 11.5. The van der Waals surface area contributed by atoms with Crippen molar-refractivity contribution in [2.24, 2.45) is 11.8 Å². The summed E-state index contributed by atoms with van der Waals surface area (Å²) in [4.78, 5) is 0. The van der Waals surface area contributed by atoms with Gasteiger partial charge in [-0.2, -0.15) is 0 Å². The third-order valence-corrected chi connectivity index (χ3v) is 3.06. The minimum atomic E-state index is -0.0843. The Morgan fingerprint density at radius 1 is 1.19 bits per heavy atom. The van der Waals surface area contributed by atoms with Crippen molar-refractivity contribution in [3.8, 4) is 5.75 Å². The number of rotatable bonds is 2. The molecule has 1 aliphatic rings. The number of hydrogen-bond donors (Lipinski definition) is 0. The molecule has 1 saturated heterocycles. The average molecular weight is 220 g/mol. The summed E-state index contributed by atoms with van der Waals surface area (Å²) >= 11 is 0. The van der Waals surface area contributed by atoms with E-state index in [-0.39, 0.29) is 6.29 Å². The van der Waals surface area contributed by atoms with Gasteiger partial charge in [-0.1, -0.05) is 31.5 Å². The van der Waals surface area contributed by atoms with Gasteiger partial charge in [-0.3, -0.25) is 0 Å². The quantitative estimate of drug-likeness (QED) is 0.760. The van der Waals surface area contributed by atoms with Gasteiger partial charge in [0.1, 0.15) is 5.75 Å². The fourth-order valence-corrected chi connectivity index (χ4v) is 2.14. The Kier molecular flexibility index (Phi) is 3.49. The van der Waals surface area contributed by atoms with Gasteiger partial charge in [-0.25, -0.2) is 0 Å². The first-order valence-corrected chi connectivity index (χ1v) is 6.00. The first-order valence-electron chi connectivity index (χ1n) is 6.00. The minimum Gasteiger partial charge on any atom is -0.465 e. The van der Waals surface area contributed by atoms with Crippen LogP contribution in [-0.2, 0) is 4.74 Å². The molecular formula is C14H20O2. The molecule has 1 fully saturated rings. The summed E-state index contributed by atoms with van der Waals surface area (Å²) in [6.07, 6.45) is 1.09. The van der Waals surface area contributed by atoms with Gasteiger partial charge < -0.3 is 9.47 Å². The second-order valence-corrected chi connectivity index (χ2v) is 4.95. The van der Waals surface area contributed by atoms with Crippen LogP contribution >= 0.6 is 0 Å². The first kappa shape index (κ1) is 11.5. The molecular weight excluding hydrogens is 200 g/mol. The Labute approximate surface area is 97.6 Å². The lowest BCUT2D eigenvalue weighted by molar-refractivity contribution is -0.152. The second-order valence-electron chi connectivity index (χ2n) is 4.95. The molecule has 1 aromatic carbocycles. The van der Waals surface area contributed by atoms with Crippen LogP contribution < -0.4 is 4.74 Å². The standard InChI is InChI=1S/C14H20O2/c1-10-4-6-13(7-5-10)16-14-12(3)8-11(2)9-15-14/h4-7,11-12,14H,8-9H2,1-3H3. The topological polar surface area (TPSA) is 18.5 Å². The third kappa shape index (κ3) is 2.76. The molecule has 1 heterocycles. The zero-order valence-corrected chi connectivity index (χ0v) is 10.3. The van der Waals surface area contributed by atoms with Crippen molar-refractivity contribution < 1.29 is 9.47 Å². The molecule has 0 amide bonds. The van der Waals surface area contributed by atoms with Gasteiger partial charge in [-0.15, -0.1) is 0 Å². The lowest BCUT2D eigenvalue weighted by Crippen LogP contribution is -2.36. The molecule has 0 saturated carbocycles. The van der Waals surface area contributed by atoms with Crippen LogP contribution in [-0.4, -0.2) is 12.9 Å². The molecule has 0 spiro atoms. The number of ether oxygens (including phenoxy) is 2. The maximum Gasteiger partial charge on any atom is 0.202 e. The van der Waals surface area contributed by atoms with Crippen LogP contribution in [0.25, 0.3) is 0 Å². The van der Waals surface area contributed by atoms with Crippen LogP contribution in [0.1, 0.15) is 25.8 Å². The van der Waals surface area contributed by atoms with Crippen molar-refractivity contribution in [1.82, 2.24) is 0 Å². The van der Waals surface area contributed by atoms with E-state index in [4.69, 9.17) is 9.47 Å². The normalized spacial score (nSPS) is 30.1. The van der Waals surface area contributed by atoms with E-state index in [1.165, 1.54) is 12.0 Å². The molecule has 3 unspecified atom stereocenters. The van der Waals surface area contributed by atoms with Crippen molar-refractivity contribution in [2.45, 2.75) is 33.5 Å². The van der Waals surface area contributed by atoms with E-state index in [1.807, 2.05) is 12.1 Å². The van der Waals surface area contributed by atoms with Crippen LogP contribution in [0.4, 0.5) is 0 Å². The number of aryl methyl sites for hydroxylation is 1. The lowest BCUT2D eigenvalue weighted by atomic mass is 9.95. The number of benzene rings is 1. The fraction of sp³-hybridized carbons (Fsp3) is 0.571. The van der Waals surface area contributed by atoms with Gasteiger partial charge >= 0.3 is 0 Å². The van der Waals surface area contributed by atoms with Crippen molar-refractivity contribution in [3.05, 3.63) is 29.8 Å². The maximum absolute atomic E-state index is 5.85. The van der Waals surface area contributed by atoms with Gasteiger partial charge in [0, 0.05) is 5.92 Å². The molecule has 2 heteroatoms. The van der Waals surface area contributed by atoms with E-state index in [2.05, 4.69) is 32.9 Å². The molecule has 2 rings (SSSR count). The summed E-state index contributed by atoms with van der Waals surface area (Å²) in [6.45, 7) is 7.29. The van der Waals surface area contributed by atoms with Crippen molar-refractivity contribution in [1.29, 1.82) is 0 Å². The Balaban J connectivity index is 1.96. The summed E-state index contributed by atoms with van der Waals surface area (Å²) in [5, 5.41) is 0. The highest BCUT2D eigenvalue weighted by Gasteiger charge is 2.27. The van der Waals surface area contributed by atoms with Crippen LogP contribution in [0.5, 0.6) is 5.75 Å². The molecule has 1 aliphatic heterocycles. The summed E-state index contributed by atoms with van der Waals surface area (Å²) in [5.41, 5.74) is 1.25. The lowest BCUT2D eigenvalue weighted by Gasteiger charge is -2.32. The highest BCUT2D eigenvalue weighted by Crippen LogP contribution is 2.26. The first-order chi connectivity index (χ1) is 7.65. The Morgan fingerprint density at radius 3 is 2.50 bits per heavy atom. The van der Waals surface area contributed by atoms with E-state index < -0.39 is 0 Å². The maximum atomic E-state index is 5.85. The summed E-state index contributed by atoms with van der Waals surface area (Å²) in [5.74, 6) is 2.01. The molecule has 0 aromatic heterocycles. The van der Waals surface area contributed by atoms with E-state index in [0.717, 1.165) is 12.4 Å². The van der Waals surface area contributed by atoms with Crippen LogP contribution in [0, 0.1) is 18.8 Å². The molecule has 3 atom stereocenters. The molecule has 88 valence electrons. The fourth-order valence-electron chi connectivity index (χ4n) is 2.14. The molecule has 16 heavy (non-hydrogen) atoms. The van der Waals surface area contributed by atoms with Gasteiger partial charge in [0.2, 0.25) is 6.29 Å². The average Bonchev–Trinajstić information content (AvgIpc) is 2.25. The van der Waals surface area contributed by atoms with Gasteiger partial charge in [0.25, 0.3) is 0 Å². The van der Waals surface area contributed by atoms with Gasteiger partial charge in [-0.05, 0) is 31.4 Å². The highest BCUT2D eigenvalue weighted by molar-refractivity contribution is 5.26. The van der Waals surface area contributed by atoms with Crippen LogP contribution in [0.2, 0.25) is 0 Å². The molecule has 1 aromatic rings. The Morgan fingerprint density at radius 2 is 1.88 bits per heavy atom. The Bertz CT molecular complexity index is 331. The molecule has 0 radical (unpaired) electrons. The van der Waals surface area contributed by atoms with Crippen molar-refractivity contribution in [3.63, 3.8) is 0 Å². The molecule has 0 bridgehead atoms. The zero-order valence-electron chi connectivity index (χ0n) is 10.3. The van der Waals surface area contributed by atoms with E-state index in [9.17, 15) is 0 Å². The largest absolute Gasteiger partial charge is 0.465 e. The summed E-state index contributed by atoms with van der Waals surface area (Å²) < 4.78 is 11.6. The third-order valence-electron chi connectivity index (χ3n) is 3.06. The van der Waals surface area contributed by atoms with Crippen LogP contribution in [0.3, 0.4) is 0 Å². The van der Waals surface area contributed by atoms with E-state index in [1.54, 1.807) is 0 Å². The van der Waals surface area contributed by atoms with Crippen molar-refractivity contribution >= 4 is 0 Å². The molecule has 0 aliphatic carbocycles. The SMILES string of the molecule is Cc1ccc(OC2OCC(C)CC2C)cc1. The van der Waals surface area contributed by atoms with Crippen molar-refractivity contribution in [2.75, 3.05) is 6.61 Å². The minimum absolute atomic E-state index is 0.0843. The summed E-state index contributed by atoms with van der Waals surface area (Å²) in [7, 11) is 0. The molecule has 2 nitrogen and oxygen atoms in total. The number of hydrogen-bond acceptors (Lipinski definition) is 2. The van der Waals surface area contributed by atoms with E-state index >= 15 is 0 Å². The molecule has 0 N–H and O–H groups in total. The smallest absolute Gasteiger partial charge is 0.202 e. The predicted molar refractivity (Wildman–Crippen MR) is 64.5 cm³/mol. The van der Waals surface area contributed by atoms with Gasteiger partial charge in [0.05, 0.1) is 6.61 Å². The highest BCUT2D eigenvalue weighted by atomic mass is 16.7. The van der Waals surface area contributed by atoms with E-state index in [0.29, 0.717) is 11.8 Å². The monoisotopic (exact) mass is 220 g/mol. The van der Waals surface area contributed by atoms with Crippen LogP contribution in [0.15, 0.2) is 24.3 Å². The summed E-state index contributed by atoms with van der Waals surface area (Å²) in [6, 6.07) is 8.13. The Hall–Kier alpha value is -1.02. The van der Waals surface area contributed by atoms with Gasteiger partial charge in [0.15, 0.2) is 0 Å². The predicted octanol–water partition coefficient (Wildman–Crippen LogP) is 3.39.